The van der Waals surface area contributed by atoms with Gasteiger partial charge in [-0.25, -0.2) is 4.79 Å². The largest absolute Gasteiger partial charge is 0.478 e. The van der Waals surface area contributed by atoms with E-state index in [0.717, 1.165) is 15.5 Å². The molecule has 0 aromatic carbocycles. The Kier molecular flexibility index (Phi) is 3.20. The van der Waals surface area contributed by atoms with Crippen LogP contribution in [0.4, 0.5) is 19.0 Å². The van der Waals surface area contributed by atoms with Crippen LogP contribution in [-0.4, -0.2) is 30.1 Å². The van der Waals surface area contributed by atoms with Gasteiger partial charge in [0.2, 0.25) is 12.1 Å². The van der Waals surface area contributed by atoms with E-state index in [-0.39, 0.29) is 5.82 Å². The summed E-state index contributed by atoms with van der Waals surface area (Å²) in [5, 5.41) is 19.6. The minimum Gasteiger partial charge on any atom is -0.478 e. The van der Waals surface area contributed by atoms with Crippen molar-refractivity contribution in [2.45, 2.75) is 6.18 Å². The maximum absolute atomic E-state index is 12.8. The molecule has 0 bridgehead atoms. The molecule has 0 amide bonds. The third kappa shape index (κ3) is 2.44. The SMILES string of the molecule is Cn1cnc([N+](=O)[O-])c1-n1cc(C(=O)O)c(C(F)(F)F)c1. The minimum atomic E-state index is -4.90. The van der Waals surface area contributed by atoms with Crippen LogP contribution in [0.2, 0.25) is 0 Å². The Labute approximate surface area is 114 Å². The number of imidazole rings is 1. The topological polar surface area (TPSA) is 103 Å². The summed E-state index contributed by atoms with van der Waals surface area (Å²) in [6.45, 7) is 0. The van der Waals surface area contributed by atoms with Crippen LogP contribution in [0.1, 0.15) is 15.9 Å². The Morgan fingerprint density at radius 1 is 1.43 bits per heavy atom. The number of nitrogens with zero attached hydrogens (tertiary/aromatic N) is 4. The van der Waals surface area contributed by atoms with E-state index in [2.05, 4.69) is 4.98 Å². The highest BCUT2D eigenvalue weighted by Gasteiger charge is 2.38. The van der Waals surface area contributed by atoms with Gasteiger partial charge < -0.3 is 19.8 Å². The maximum atomic E-state index is 12.8. The molecule has 11 heteroatoms. The van der Waals surface area contributed by atoms with Crippen LogP contribution in [0.5, 0.6) is 0 Å². The molecule has 21 heavy (non-hydrogen) atoms. The van der Waals surface area contributed by atoms with Crippen molar-refractivity contribution < 1.29 is 28.0 Å². The summed E-state index contributed by atoms with van der Waals surface area (Å²) in [6, 6.07) is 0. The second kappa shape index (κ2) is 4.61. The van der Waals surface area contributed by atoms with E-state index in [1.54, 1.807) is 0 Å². The predicted molar refractivity (Wildman–Crippen MR) is 61.2 cm³/mol. The summed E-state index contributed by atoms with van der Waals surface area (Å²) in [7, 11) is 1.34. The van der Waals surface area contributed by atoms with Crippen molar-refractivity contribution in [3.8, 4) is 5.82 Å². The van der Waals surface area contributed by atoms with E-state index >= 15 is 0 Å². The highest BCUT2D eigenvalue weighted by atomic mass is 19.4. The molecule has 112 valence electrons. The van der Waals surface area contributed by atoms with E-state index in [1.807, 2.05) is 0 Å². The molecule has 0 fully saturated rings. The van der Waals surface area contributed by atoms with Crippen molar-refractivity contribution in [2.24, 2.45) is 7.05 Å². The van der Waals surface area contributed by atoms with Crippen LogP contribution in [0.25, 0.3) is 5.82 Å². The van der Waals surface area contributed by atoms with Gasteiger partial charge in [0.25, 0.3) is 0 Å². The molecule has 2 heterocycles. The van der Waals surface area contributed by atoms with Crippen molar-refractivity contribution in [1.29, 1.82) is 0 Å². The van der Waals surface area contributed by atoms with Gasteiger partial charge in [0, 0.05) is 19.4 Å². The first-order chi connectivity index (χ1) is 9.62. The molecular formula is C10H7F3N4O4. The first-order valence-electron chi connectivity index (χ1n) is 5.31. The Bertz CT molecular complexity index is 731. The maximum Gasteiger partial charge on any atom is 0.418 e. The second-order valence-electron chi connectivity index (χ2n) is 4.06. The fourth-order valence-corrected chi connectivity index (χ4v) is 1.81. The highest BCUT2D eigenvalue weighted by Crippen LogP contribution is 2.34. The van der Waals surface area contributed by atoms with Gasteiger partial charge in [-0.3, -0.25) is 4.57 Å². The molecular weight excluding hydrogens is 297 g/mol. The van der Waals surface area contributed by atoms with Crippen LogP contribution < -0.4 is 0 Å². The van der Waals surface area contributed by atoms with E-state index < -0.39 is 34.0 Å². The smallest absolute Gasteiger partial charge is 0.418 e. The van der Waals surface area contributed by atoms with Crippen LogP contribution in [0.15, 0.2) is 18.7 Å². The monoisotopic (exact) mass is 304 g/mol. The lowest BCUT2D eigenvalue weighted by molar-refractivity contribution is -0.389. The number of halogens is 3. The van der Waals surface area contributed by atoms with Crippen LogP contribution in [-0.2, 0) is 13.2 Å². The minimum absolute atomic E-state index is 0.280. The van der Waals surface area contributed by atoms with Crippen LogP contribution >= 0.6 is 0 Å². The van der Waals surface area contributed by atoms with Gasteiger partial charge in [-0.1, -0.05) is 0 Å². The molecule has 0 aliphatic carbocycles. The van der Waals surface area contributed by atoms with Crippen molar-refractivity contribution in [3.63, 3.8) is 0 Å². The highest BCUT2D eigenvalue weighted by molar-refractivity contribution is 5.89. The summed E-state index contributed by atoms with van der Waals surface area (Å²) in [5.41, 5.74) is -2.40. The Hall–Kier alpha value is -2.85. The van der Waals surface area contributed by atoms with Crippen LogP contribution in [0.3, 0.4) is 0 Å². The Morgan fingerprint density at radius 2 is 2.05 bits per heavy atom. The normalized spacial score (nSPS) is 11.6. The predicted octanol–water partition coefficient (Wildman–Crippen LogP) is 1.84. The quantitative estimate of drug-likeness (QED) is 0.688. The zero-order valence-electron chi connectivity index (χ0n) is 10.3. The molecule has 1 N–H and O–H groups in total. The number of nitro groups is 1. The molecule has 2 aromatic rings. The molecule has 2 rings (SSSR count). The number of rotatable bonds is 3. The van der Waals surface area contributed by atoms with Gasteiger partial charge >= 0.3 is 18.0 Å². The molecule has 2 aromatic heterocycles. The molecule has 0 saturated heterocycles. The lowest BCUT2D eigenvalue weighted by atomic mass is 10.2. The van der Waals surface area contributed by atoms with Gasteiger partial charge in [-0.15, -0.1) is 0 Å². The Morgan fingerprint density at radius 3 is 2.48 bits per heavy atom. The number of aryl methyl sites for hydroxylation is 1. The number of carbonyl (C=O) groups is 1. The van der Waals surface area contributed by atoms with Gasteiger partial charge in [0.15, 0.2) is 0 Å². The van der Waals surface area contributed by atoms with Crippen molar-refractivity contribution in [1.82, 2.24) is 14.1 Å². The number of carboxylic acids is 1. The first kappa shape index (κ1) is 14.6. The average Bonchev–Trinajstić information content (AvgIpc) is 2.90. The number of aromatic nitrogens is 3. The molecule has 0 aliphatic heterocycles. The van der Waals surface area contributed by atoms with Crippen molar-refractivity contribution >= 4 is 11.8 Å². The van der Waals surface area contributed by atoms with E-state index in [0.29, 0.717) is 12.4 Å². The van der Waals surface area contributed by atoms with Crippen molar-refractivity contribution in [3.05, 3.63) is 40.0 Å². The fourth-order valence-electron chi connectivity index (χ4n) is 1.81. The lowest BCUT2D eigenvalue weighted by Gasteiger charge is -2.04. The summed E-state index contributed by atoms with van der Waals surface area (Å²) in [5.74, 6) is -2.75. The molecule has 0 atom stereocenters. The summed E-state index contributed by atoms with van der Waals surface area (Å²) < 4.78 is 40.2. The zero-order valence-corrected chi connectivity index (χ0v) is 10.3. The number of alkyl halides is 3. The van der Waals surface area contributed by atoms with Crippen molar-refractivity contribution in [2.75, 3.05) is 0 Å². The summed E-state index contributed by atoms with van der Waals surface area (Å²) in [6.07, 6.45) is -2.71. The molecule has 0 saturated carbocycles. The molecule has 0 aliphatic rings. The van der Waals surface area contributed by atoms with Gasteiger partial charge in [0.1, 0.15) is 0 Å². The van der Waals surface area contributed by atoms with E-state index in [9.17, 15) is 28.1 Å². The second-order valence-corrected chi connectivity index (χ2v) is 4.06. The van der Waals surface area contributed by atoms with Crippen LogP contribution in [0, 0.1) is 10.1 Å². The standard InChI is InChI=1S/C10H7F3N4O4/c1-15-4-14-7(17(20)21)8(15)16-2-5(9(18)19)6(3-16)10(11,12)13/h2-4H,1H3,(H,18,19). The Balaban J connectivity index is 2.70. The number of hydrogen-bond donors (Lipinski definition) is 1. The molecule has 0 spiro atoms. The number of hydrogen-bond acceptors (Lipinski definition) is 4. The first-order valence-corrected chi connectivity index (χ1v) is 5.31. The molecule has 8 nitrogen and oxygen atoms in total. The summed E-state index contributed by atoms with van der Waals surface area (Å²) in [4.78, 5) is 24.3. The third-order valence-corrected chi connectivity index (χ3v) is 2.67. The van der Waals surface area contributed by atoms with E-state index in [4.69, 9.17) is 5.11 Å². The van der Waals surface area contributed by atoms with Gasteiger partial charge in [0.05, 0.1) is 11.1 Å². The van der Waals surface area contributed by atoms with Gasteiger partial charge in [-0.05, 0) is 9.91 Å². The fraction of sp³-hybridized carbons (Fsp3) is 0.200. The summed E-state index contributed by atoms with van der Waals surface area (Å²) >= 11 is 0. The zero-order chi connectivity index (χ0) is 15.9. The average molecular weight is 304 g/mol. The number of aromatic carboxylic acids is 1. The third-order valence-electron chi connectivity index (χ3n) is 2.67. The lowest BCUT2D eigenvalue weighted by Crippen LogP contribution is -2.09. The number of carboxylic acid groups (broad SMARTS) is 1. The van der Waals surface area contributed by atoms with E-state index in [1.165, 1.54) is 7.05 Å². The molecule has 0 radical (unpaired) electrons. The van der Waals surface area contributed by atoms with Gasteiger partial charge in [-0.2, -0.15) is 13.2 Å². The molecule has 0 unspecified atom stereocenters.